The molecule has 0 aromatic carbocycles. The zero-order valence-corrected chi connectivity index (χ0v) is 16.1. The molecule has 1 fully saturated rings. The molecule has 2 unspecified atom stereocenters. The lowest BCUT2D eigenvalue weighted by atomic mass is 9.92. The fourth-order valence-electron chi connectivity index (χ4n) is 3.27. The number of amidine groups is 1. The van der Waals surface area contributed by atoms with Gasteiger partial charge in [0, 0.05) is 18.5 Å². The van der Waals surface area contributed by atoms with E-state index in [4.69, 9.17) is 4.99 Å². The molecule has 2 atom stereocenters. The molecule has 2 aliphatic rings. The molecular formula is C18H29N5O2S. The van der Waals surface area contributed by atoms with Crippen LogP contribution in [-0.2, 0) is 6.61 Å². The Hall–Kier alpha value is -1.35. The van der Waals surface area contributed by atoms with Gasteiger partial charge < -0.3 is 15.5 Å². The largest absolute Gasteiger partial charge is 0.393 e. The summed E-state index contributed by atoms with van der Waals surface area (Å²) in [5.74, 6) is 0.783. The van der Waals surface area contributed by atoms with Crippen molar-refractivity contribution in [3.63, 3.8) is 0 Å². The first kappa shape index (κ1) is 19.4. The topological polar surface area (TPSA) is 102 Å². The summed E-state index contributed by atoms with van der Waals surface area (Å²) in [4.78, 5) is 14.6. The average Bonchev–Trinajstić information content (AvgIpc) is 3.13. The smallest absolute Gasteiger partial charge is 0.195 e. The molecule has 0 spiro atoms. The van der Waals surface area contributed by atoms with E-state index in [1.165, 1.54) is 11.3 Å². The van der Waals surface area contributed by atoms with Crippen LogP contribution in [0.25, 0.3) is 0 Å². The molecule has 8 heteroatoms. The van der Waals surface area contributed by atoms with Crippen LogP contribution in [0.2, 0.25) is 0 Å². The maximum Gasteiger partial charge on any atom is 0.195 e. The van der Waals surface area contributed by atoms with E-state index in [1.807, 2.05) is 6.21 Å². The van der Waals surface area contributed by atoms with Crippen LogP contribution in [0.15, 0.2) is 16.2 Å². The number of aliphatic imine (C=N–C) groups is 2. The van der Waals surface area contributed by atoms with E-state index in [0.29, 0.717) is 6.04 Å². The Balaban J connectivity index is 1.72. The van der Waals surface area contributed by atoms with Crippen molar-refractivity contribution in [1.82, 2.24) is 15.6 Å². The standard InChI is InChI=1S/C18H29N5O2S/c1-2-3-8-19-18-21-10-15(17-20-9-14(11-24)26-17)16(23-18)22-12-4-6-13(25)7-5-12/h9-10,12-13,15,18-19,24-25H,2-8,11H2,1H3,(H,22,23). The number of thiazole rings is 1. The summed E-state index contributed by atoms with van der Waals surface area (Å²) >= 11 is 1.49. The number of aliphatic hydroxyl groups excluding tert-OH is 2. The molecule has 1 aliphatic heterocycles. The van der Waals surface area contributed by atoms with Gasteiger partial charge >= 0.3 is 0 Å². The van der Waals surface area contributed by atoms with Crippen molar-refractivity contribution in [2.24, 2.45) is 9.98 Å². The summed E-state index contributed by atoms with van der Waals surface area (Å²) < 4.78 is 0. The van der Waals surface area contributed by atoms with E-state index in [1.54, 1.807) is 6.20 Å². The van der Waals surface area contributed by atoms with Gasteiger partial charge in [0.25, 0.3) is 0 Å². The maximum absolute atomic E-state index is 9.73. The normalized spacial score (nSPS) is 28.8. The number of hydrogen-bond donors (Lipinski definition) is 4. The third-order valence-electron chi connectivity index (χ3n) is 4.83. The number of rotatable bonds is 7. The molecule has 0 amide bonds. The molecule has 0 radical (unpaired) electrons. The van der Waals surface area contributed by atoms with Gasteiger partial charge in [0.05, 0.1) is 17.6 Å². The van der Waals surface area contributed by atoms with Gasteiger partial charge in [-0.1, -0.05) is 13.3 Å². The van der Waals surface area contributed by atoms with Gasteiger partial charge in [0.15, 0.2) is 6.29 Å². The SMILES string of the molecule is CCCCNC1N=CC(c2ncc(CO)s2)C(NC2CCC(O)CC2)=N1. The van der Waals surface area contributed by atoms with Crippen LogP contribution in [0.4, 0.5) is 0 Å². The van der Waals surface area contributed by atoms with E-state index in [9.17, 15) is 10.2 Å². The minimum absolute atomic E-state index is 0.00312. The molecule has 1 aromatic rings. The number of unbranched alkanes of at least 4 members (excludes halogenated alkanes) is 1. The third-order valence-corrected chi connectivity index (χ3v) is 5.90. The molecule has 0 bridgehead atoms. The lowest BCUT2D eigenvalue weighted by Crippen LogP contribution is -2.44. The Kier molecular flexibility index (Phi) is 7.13. The minimum atomic E-state index is -0.258. The van der Waals surface area contributed by atoms with E-state index >= 15 is 0 Å². The zero-order chi connectivity index (χ0) is 18.4. The first-order valence-corrected chi connectivity index (χ1v) is 10.4. The second-order valence-corrected chi connectivity index (χ2v) is 8.09. The van der Waals surface area contributed by atoms with Gasteiger partial charge in [-0.15, -0.1) is 11.3 Å². The first-order chi connectivity index (χ1) is 12.7. The molecule has 1 aliphatic carbocycles. The molecule has 0 saturated heterocycles. The van der Waals surface area contributed by atoms with E-state index in [-0.39, 0.29) is 24.9 Å². The van der Waals surface area contributed by atoms with Crippen LogP contribution in [0, 0.1) is 0 Å². The van der Waals surface area contributed by atoms with Crippen molar-refractivity contribution < 1.29 is 10.2 Å². The predicted octanol–water partition coefficient (Wildman–Crippen LogP) is 1.77. The molecule has 26 heavy (non-hydrogen) atoms. The molecule has 4 N–H and O–H groups in total. The molecule has 2 heterocycles. The fraction of sp³-hybridized carbons (Fsp3) is 0.722. The number of hydrogen-bond acceptors (Lipinski definition) is 8. The van der Waals surface area contributed by atoms with E-state index < -0.39 is 0 Å². The van der Waals surface area contributed by atoms with Crippen LogP contribution >= 0.6 is 11.3 Å². The quantitative estimate of drug-likeness (QED) is 0.541. The Morgan fingerprint density at radius 2 is 2.08 bits per heavy atom. The highest BCUT2D eigenvalue weighted by Gasteiger charge is 2.28. The van der Waals surface area contributed by atoms with E-state index in [2.05, 4.69) is 27.5 Å². The van der Waals surface area contributed by atoms with Gasteiger partial charge in [-0.25, -0.2) is 9.98 Å². The Morgan fingerprint density at radius 1 is 1.27 bits per heavy atom. The highest BCUT2D eigenvalue weighted by Crippen LogP contribution is 2.26. The number of nitrogens with one attached hydrogen (secondary N) is 2. The lowest BCUT2D eigenvalue weighted by molar-refractivity contribution is 0.120. The third kappa shape index (κ3) is 5.09. The molecular weight excluding hydrogens is 350 g/mol. The monoisotopic (exact) mass is 379 g/mol. The Bertz CT molecular complexity index is 625. The highest BCUT2D eigenvalue weighted by atomic mass is 32.1. The van der Waals surface area contributed by atoms with E-state index in [0.717, 1.165) is 60.8 Å². The van der Waals surface area contributed by atoms with Crippen molar-refractivity contribution in [2.75, 3.05) is 6.54 Å². The Labute approximate surface area is 158 Å². The van der Waals surface area contributed by atoms with Crippen LogP contribution in [0.5, 0.6) is 0 Å². The first-order valence-electron chi connectivity index (χ1n) is 9.54. The maximum atomic E-state index is 9.73. The van der Waals surface area contributed by atoms with Crippen LogP contribution in [-0.4, -0.2) is 52.2 Å². The Morgan fingerprint density at radius 3 is 2.77 bits per heavy atom. The van der Waals surface area contributed by atoms with Crippen molar-refractivity contribution in [3.05, 3.63) is 16.1 Å². The molecule has 3 rings (SSSR count). The minimum Gasteiger partial charge on any atom is -0.393 e. The van der Waals surface area contributed by atoms with Crippen molar-refractivity contribution in [2.45, 2.75) is 76.4 Å². The summed E-state index contributed by atoms with van der Waals surface area (Å²) in [6.07, 6.45) is 8.97. The summed E-state index contributed by atoms with van der Waals surface area (Å²) in [5.41, 5.74) is 0. The van der Waals surface area contributed by atoms with Crippen LogP contribution in [0.3, 0.4) is 0 Å². The second-order valence-electron chi connectivity index (χ2n) is 6.94. The molecule has 1 aromatic heterocycles. The van der Waals surface area contributed by atoms with Crippen molar-refractivity contribution in [1.29, 1.82) is 0 Å². The number of aromatic nitrogens is 1. The summed E-state index contributed by atoms with van der Waals surface area (Å²) in [6, 6.07) is 0.319. The van der Waals surface area contributed by atoms with Gasteiger partial charge in [0.2, 0.25) is 0 Å². The zero-order valence-electron chi connectivity index (χ0n) is 15.3. The van der Waals surface area contributed by atoms with Crippen LogP contribution < -0.4 is 10.6 Å². The highest BCUT2D eigenvalue weighted by molar-refractivity contribution is 7.11. The number of nitrogens with zero attached hydrogens (tertiary/aromatic N) is 3. The summed E-state index contributed by atoms with van der Waals surface area (Å²) in [5, 5.41) is 26.9. The molecule has 144 valence electrons. The summed E-state index contributed by atoms with van der Waals surface area (Å²) in [6.45, 7) is 3.06. The van der Waals surface area contributed by atoms with Gasteiger partial charge in [-0.2, -0.15) is 0 Å². The lowest BCUT2D eigenvalue weighted by Gasteiger charge is -2.30. The van der Waals surface area contributed by atoms with Crippen LogP contribution in [0.1, 0.15) is 61.3 Å². The van der Waals surface area contributed by atoms with Crippen molar-refractivity contribution >= 4 is 23.4 Å². The fourth-order valence-corrected chi connectivity index (χ4v) is 4.11. The summed E-state index contributed by atoms with van der Waals surface area (Å²) in [7, 11) is 0. The van der Waals surface area contributed by atoms with Gasteiger partial charge in [-0.05, 0) is 38.6 Å². The van der Waals surface area contributed by atoms with Crippen molar-refractivity contribution in [3.8, 4) is 0 Å². The second kappa shape index (κ2) is 9.55. The van der Waals surface area contributed by atoms with Gasteiger partial charge in [-0.3, -0.25) is 10.3 Å². The average molecular weight is 380 g/mol. The molecule has 1 saturated carbocycles. The predicted molar refractivity (Wildman–Crippen MR) is 105 cm³/mol. The molecule has 7 nitrogen and oxygen atoms in total. The van der Waals surface area contributed by atoms with Gasteiger partial charge in [0.1, 0.15) is 16.8 Å². The number of aliphatic hydroxyl groups is 2.